The van der Waals surface area contributed by atoms with Crippen LogP contribution in [-0.4, -0.2) is 48.5 Å². The number of benzene rings is 3. The quantitative estimate of drug-likeness (QED) is 0.416. The molecule has 2 amide bonds. The lowest BCUT2D eigenvalue weighted by molar-refractivity contribution is 0.00578. The summed E-state index contributed by atoms with van der Waals surface area (Å²) in [5, 5.41) is 5.79. The van der Waals surface area contributed by atoms with E-state index in [0.717, 1.165) is 10.9 Å². The van der Waals surface area contributed by atoms with Crippen LogP contribution < -0.4 is 21.6 Å². The Morgan fingerprint density at radius 2 is 0.738 bits per heavy atom. The van der Waals surface area contributed by atoms with Crippen molar-refractivity contribution in [3.05, 3.63) is 83.9 Å². The highest BCUT2D eigenvalue weighted by Gasteiger charge is 2.52. The van der Waals surface area contributed by atoms with Crippen molar-refractivity contribution in [3.63, 3.8) is 0 Å². The number of carbonyl (C=O) groups excluding carboxylic acids is 2. The lowest BCUT2D eigenvalue weighted by Gasteiger charge is -2.32. The maximum Gasteiger partial charge on any atom is 0.494 e. The summed E-state index contributed by atoms with van der Waals surface area (Å²) in [5.74, 6) is -0.549. The van der Waals surface area contributed by atoms with E-state index >= 15 is 0 Å². The number of carbonyl (C=O) groups is 2. The monoisotopic (exact) mass is 568 g/mol. The first kappa shape index (κ1) is 30.0. The molecule has 0 radical (unpaired) electrons. The fourth-order valence-electron chi connectivity index (χ4n) is 4.58. The third-order valence-corrected chi connectivity index (χ3v) is 8.80. The third kappa shape index (κ3) is 5.90. The molecule has 2 saturated heterocycles. The molecule has 218 valence electrons. The fraction of sp³-hybridized carbons (Fsp3) is 0.375. The molecule has 5 rings (SSSR count). The van der Waals surface area contributed by atoms with Gasteiger partial charge in [-0.3, -0.25) is 9.59 Å². The molecule has 2 heterocycles. The fourth-order valence-corrected chi connectivity index (χ4v) is 4.58. The Bertz CT molecular complexity index is 1320. The minimum absolute atomic E-state index is 0.274. The Balaban J connectivity index is 1.15. The highest BCUT2D eigenvalue weighted by Crippen LogP contribution is 2.37. The largest absolute Gasteiger partial charge is 0.494 e. The second kappa shape index (κ2) is 10.7. The minimum atomic E-state index is -0.466. The van der Waals surface area contributed by atoms with E-state index in [9.17, 15) is 9.59 Å². The van der Waals surface area contributed by atoms with Crippen LogP contribution >= 0.6 is 0 Å². The summed E-state index contributed by atoms with van der Waals surface area (Å²) in [6, 6.07) is 21.3. The molecule has 2 aliphatic rings. The van der Waals surface area contributed by atoms with E-state index in [-0.39, 0.29) is 11.8 Å². The van der Waals surface area contributed by atoms with Crippen molar-refractivity contribution in [1.29, 1.82) is 0 Å². The van der Waals surface area contributed by atoms with E-state index in [4.69, 9.17) is 18.6 Å². The van der Waals surface area contributed by atoms with Crippen LogP contribution in [0.1, 0.15) is 76.1 Å². The average Bonchev–Trinajstić information content (AvgIpc) is 3.28. The van der Waals surface area contributed by atoms with Crippen LogP contribution in [0.15, 0.2) is 72.8 Å². The van der Waals surface area contributed by atoms with Gasteiger partial charge in [-0.05, 0) is 115 Å². The smallest absolute Gasteiger partial charge is 0.399 e. The van der Waals surface area contributed by atoms with Crippen molar-refractivity contribution in [1.82, 2.24) is 0 Å². The van der Waals surface area contributed by atoms with Crippen molar-refractivity contribution in [2.45, 2.75) is 77.8 Å². The highest BCUT2D eigenvalue weighted by atomic mass is 16.7. The van der Waals surface area contributed by atoms with Gasteiger partial charge in [0.05, 0.1) is 22.4 Å². The number of anilines is 2. The molecular weight excluding hydrogens is 530 g/mol. The molecule has 0 bridgehead atoms. The molecule has 8 nitrogen and oxygen atoms in total. The van der Waals surface area contributed by atoms with Crippen molar-refractivity contribution >= 4 is 48.4 Å². The number of amides is 2. The summed E-state index contributed by atoms with van der Waals surface area (Å²) in [6.45, 7) is 16.1. The topological polar surface area (TPSA) is 95.1 Å². The van der Waals surface area contributed by atoms with Crippen LogP contribution in [0, 0.1) is 0 Å². The summed E-state index contributed by atoms with van der Waals surface area (Å²) < 4.78 is 24.4. The van der Waals surface area contributed by atoms with Crippen molar-refractivity contribution in [3.8, 4) is 0 Å². The van der Waals surface area contributed by atoms with E-state index in [1.807, 2.05) is 104 Å². The summed E-state index contributed by atoms with van der Waals surface area (Å²) in [6.07, 6.45) is 0. The normalized spacial score (nSPS) is 19.9. The standard InChI is InChI=1S/C32H38B2N2O6/c1-29(2)30(3,4)40-33(39-29)23-13-17-25(18-14-23)35-27(37)21-9-11-22(12-10-21)28(38)36-26-19-15-24(16-20-26)34-41-31(5,6)32(7,8)42-34/h9-20H,1-8H3,(H,35,37)(H,36,38). The molecule has 10 heteroatoms. The third-order valence-electron chi connectivity index (χ3n) is 8.80. The zero-order valence-electron chi connectivity index (χ0n) is 25.5. The molecule has 3 aromatic carbocycles. The molecule has 0 spiro atoms. The molecule has 2 aliphatic heterocycles. The predicted molar refractivity (Wildman–Crippen MR) is 167 cm³/mol. The van der Waals surface area contributed by atoms with Crippen LogP contribution in [-0.2, 0) is 18.6 Å². The van der Waals surface area contributed by atoms with Crippen LogP contribution in [0.25, 0.3) is 0 Å². The molecule has 0 atom stereocenters. The average molecular weight is 568 g/mol. The van der Waals surface area contributed by atoms with Crippen LogP contribution in [0.4, 0.5) is 11.4 Å². The second-order valence-corrected chi connectivity index (χ2v) is 12.9. The van der Waals surface area contributed by atoms with E-state index in [1.165, 1.54) is 0 Å². The summed E-state index contributed by atoms with van der Waals surface area (Å²) in [5.41, 5.74) is 2.23. The van der Waals surface area contributed by atoms with Gasteiger partial charge in [0.1, 0.15) is 0 Å². The molecule has 3 aromatic rings. The van der Waals surface area contributed by atoms with Gasteiger partial charge in [0.15, 0.2) is 0 Å². The number of nitrogens with one attached hydrogen (secondary N) is 2. The van der Waals surface area contributed by atoms with Crippen LogP contribution in [0.3, 0.4) is 0 Å². The Kier molecular flexibility index (Phi) is 7.64. The molecule has 2 fully saturated rings. The van der Waals surface area contributed by atoms with Crippen molar-refractivity contribution < 1.29 is 28.2 Å². The van der Waals surface area contributed by atoms with E-state index in [1.54, 1.807) is 24.3 Å². The molecule has 2 N–H and O–H groups in total. The first-order valence-corrected chi connectivity index (χ1v) is 14.2. The maximum absolute atomic E-state index is 12.8. The van der Waals surface area contributed by atoms with Gasteiger partial charge in [0, 0.05) is 22.5 Å². The van der Waals surface area contributed by atoms with E-state index in [0.29, 0.717) is 22.5 Å². The SMILES string of the molecule is CC1(C)OB(c2ccc(NC(=O)c3ccc(C(=O)Nc4ccc(B5OC(C)(C)C(C)(C)O5)cc4)cc3)cc2)OC1(C)C. The van der Waals surface area contributed by atoms with Gasteiger partial charge in [0.2, 0.25) is 0 Å². The molecule has 0 aliphatic carbocycles. The van der Waals surface area contributed by atoms with Crippen molar-refractivity contribution in [2.24, 2.45) is 0 Å². The lowest BCUT2D eigenvalue weighted by Crippen LogP contribution is -2.41. The van der Waals surface area contributed by atoms with Gasteiger partial charge >= 0.3 is 14.2 Å². The summed E-state index contributed by atoms with van der Waals surface area (Å²) in [4.78, 5) is 25.7. The Labute approximate surface area is 248 Å². The molecule has 0 unspecified atom stereocenters. The predicted octanol–water partition coefficient (Wildman–Crippen LogP) is 4.79. The number of rotatable bonds is 6. The lowest BCUT2D eigenvalue weighted by atomic mass is 9.79. The van der Waals surface area contributed by atoms with Gasteiger partial charge in [0.25, 0.3) is 11.8 Å². The Morgan fingerprint density at radius 1 is 0.476 bits per heavy atom. The van der Waals surface area contributed by atoms with Gasteiger partial charge in [-0.2, -0.15) is 0 Å². The molecular formula is C32H38B2N2O6. The zero-order chi connectivity index (χ0) is 30.5. The first-order chi connectivity index (χ1) is 19.6. The zero-order valence-corrected chi connectivity index (χ0v) is 25.5. The maximum atomic E-state index is 12.8. The number of hydrogen-bond donors (Lipinski definition) is 2. The highest BCUT2D eigenvalue weighted by molar-refractivity contribution is 6.62. The Morgan fingerprint density at radius 3 is 1.00 bits per heavy atom. The number of hydrogen-bond acceptors (Lipinski definition) is 6. The second-order valence-electron chi connectivity index (χ2n) is 12.9. The van der Waals surface area contributed by atoms with E-state index in [2.05, 4.69) is 10.6 Å². The van der Waals surface area contributed by atoms with Gasteiger partial charge in [-0.1, -0.05) is 24.3 Å². The molecule has 0 aromatic heterocycles. The van der Waals surface area contributed by atoms with E-state index < -0.39 is 36.6 Å². The van der Waals surface area contributed by atoms with Gasteiger partial charge < -0.3 is 29.3 Å². The summed E-state index contributed by atoms with van der Waals surface area (Å²) >= 11 is 0. The summed E-state index contributed by atoms with van der Waals surface area (Å²) in [7, 11) is -0.932. The van der Waals surface area contributed by atoms with Gasteiger partial charge in [-0.15, -0.1) is 0 Å². The van der Waals surface area contributed by atoms with Crippen LogP contribution in [0.5, 0.6) is 0 Å². The molecule has 42 heavy (non-hydrogen) atoms. The minimum Gasteiger partial charge on any atom is -0.399 e. The first-order valence-electron chi connectivity index (χ1n) is 14.2. The van der Waals surface area contributed by atoms with Crippen molar-refractivity contribution in [2.75, 3.05) is 10.6 Å². The molecule has 0 saturated carbocycles. The van der Waals surface area contributed by atoms with Crippen LogP contribution in [0.2, 0.25) is 0 Å². The Hall–Kier alpha value is -3.43. The van der Waals surface area contributed by atoms with Gasteiger partial charge in [-0.25, -0.2) is 0 Å².